The molecule has 0 spiro atoms. The maximum atomic E-state index is 7.25. The molecule has 0 radical (unpaired) electrons. The fraction of sp³-hybridized carbons (Fsp3) is 0. The summed E-state index contributed by atoms with van der Waals surface area (Å²) >= 11 is 0. The minimum Gasteiger partial charge on any atom is -0.249 e. The summed E-state index contributed by atoms with van der Waals surface area (Å²) in [6, 6.07) is 23.5. The number of hydrogen-bond donors (Lipinski definition) is 0. The van der Waals surface area contributed by atoms with Crippen LogP contribution in [0.5, 0.6) is 0 Å². The molecule has 0 aliphatic carbocycles. The lowest BCUT2D eigenvalue weighted by molar-refractivity contribution is 1.32. The molecule has 2 nitrogen and oxygen atoms in total. The van der Waals surface area contributed by atoms with E-state index < -0.39 is 0 Å². The van der Waals surface area contributed by atoms with E-state index in [1.165, 1.54) is 0 Å². The third-order valence-corrected chi connectivity index (χ3v) is 3.12. The highest BCUT2D eigenvalue weighted by Gasteiger charge is 2.06. The number of pyridine rings is 1. The van der Waals surface area contributed by atoms with Crippen LogP contribution < -0.4 is 0 Å². The van der Waals surface area contributed by atoms with Gasteiger partial charge in [0, 0.05) is 11.1 Å². The Bertz CT molecular complexity index is 771. The predicted octanol–water partition coefficient (Wildman–Crippen LogP) is 4.97. The summed E-state index contributed by atoms with van der Waals surface area (Å²) in [5, 5.41) is 0. The zero-order valence-electron chi connectivity index (χ0n) is 10.8. The molecule has 0 aliphatic rings. The van der Waals surface area contributed by atoms with Crippen molar-refractivity contribution >= 4 is 5.69 Å². The van der Waals surface area contributed by atoms with E-state index in [-0.39, 0.29) is 0 Å². The van der Waals surface area contributed by atoms with E-state index in [1.54, 1.807) is 0 Å². The average Bonchev–Trinajstić information content (AvgIpc) is 2.56. The van der Waals surface area contributed by atoms with Crippen LogP contribution in [-0.2, 0) is 0 Å². The van der Waals surface area contributed by atoms with Gasteiger partial charge < -0.3 is 0 Å². The monoisotopic (exact) mass is 256 g/mol. The lowest BCUT2D eigenvalue weighted by atomic mass is 10.1. The molecule has 0 atom stereocenters. The van der Waals surface area contributed by atoms with E-state index in [0.717, 1.165) is 22.5 Å². The summed E-state index contributed by atoms with van der Waals surface area (Å²) in [7, 11) is 0. The van der Waals surface area contributed by atoms with E-state index in [9.17, 15) is 0 Å². The van der Waals surface area contributed by atoms with Crippen molar-refractivity contribution in [2.45, 2.75) is 0 Å². The molecule has 0 bridgehead atoms. The molecule has 0 unspecified atom stereocenters. The maximum absolute atomic E-state index is 7.25. The van der Waals surface area contributed by atoms with E-state index in [0.29, 0.717) is 5.69 Å². The van der Waals surface area contributed by atoms with Crippen LogP contribution in [0.1, 0.15) is 0 Å². The Morgan fingerprint density at radius 3 is 2.20 bits per heavy atom. The number of hydrogen-bond acceptors (Lipinski definition) is 1. The van der Waals surface area contributed by atoms with Gasteiger partial charge in [-0.1, -0.05) is 60.7 Å². The van der Waals surface area contributed by atoms with Crippen molar-refractivity contribution < 1.29 is 0 Å². The van der Waals surface area contributed by atoms with Crippen molar-refractivity contribution in [1.82, 2.24) is 4.98 Å². The van der Waals surface area contributed by atoms with E-state index in [1.807, 2.05) is 72.8 Å². The molecule has 0 amide bonds. The van der Waals surface area contributed by atoms with Crippen LogP contribution in [0.25, 0.3) is 27.4 Å². The molecular weight excluding hydrogens is 244 g/mol. The second-order valence-electron chi connectivity index (χ2n) is 4.40. The highest BCUT2D eigenvalue weighted by atomic mass is 14.7. The molecule has 0 N–H and O–H groups in total. The third kappa shape index (κ3) is 2.30. The van der Waals surface area contributed by atoms with Gasteiger partial charge in [0.25, 0.3) is 0 Å². The number of rotatable bonds is 2. The van der Waals surface area contributed by atoms with Gasteiger partial charge in [-0.15, -0.1) is 0 Å². The van der Waals surface area contributed by atoms with Crippen molar-refractivity contribution in [2.24, 2.45) is 0 Å². The second kappa shape index (κ2) is 5.38. The third-order valence-electron chi connectivity index (χ3n) is 3.12. The van der Waals surface area contributed by atoms with Crippen molar-refractivity contribution in [2.75, 3.05) is 0 Å². The van der Waals surface area contributed by atoms with Crippen molar-refractivity contribution in [3.05, 3.63) is 84.2 Å². The highest BCUT2D eigenvalue weighted by molar-refractivity contribution is 5.77. The maximum Gasteiger partial charge on any atom is 0.196 e. The van der Waals surface area contributed by atoms with Gasteiger partial charge in [0.15, 0.2) is 5.69 Å². The average molecular weight is 256 g/mol. The van der Waals surface area contributed by atoms with Gasteiger partial charge in [0.1, 0.15) is 0 Å². The Morgan fingerprint density at radius 1 is 0.700 bits per heavy atom. The molecule has 20 heavy (non-hydrogen) atoms. The zero-order valence-corrected chi connectivity index (χ0v) is 10.8. The standard InChI is InChI=1S/C18H12N2/c1-19-17-11-6-5-10-15(17)18-13-7-12-16(20-18)14-8-3-2-4-9-14/h2-13H. The van der Waals surface area contributed by atoms with Crippen LogP contribution in [-0.4, -0.2) is 4.98 Å². The van der Waals surface area contributed by atoms with Crippen molar-refractivity contribution in [3.8, 4) is 22.5 Å². The molecule has 2 aromatic carbocycles. The molecule has 0 saturated heterocycles. The summed E-state index contributed by atoms with van der Waals surface area (Å²) in [6.07, 6.45) is 0. The minimum absolute atomic E-state index is 0.630. The fourth-order valence-electron chi connectivity index (χ4n) is 2.14. The summed E-state index contributed by atoms with van der Waals surface area (Å²) < 4.78 is 0. The number of benzene rings is 2. The predicted molar refractivity (Wildman–Crippen MR) is 81.4 cm³/mol. The Balaban J connectivity index is 2.11. The molecule has 0 aliphatic heterocycles. The first-order valence-corrected chi connectivity index (χ1v) is 6.38. The molecule has 94 valence electrons. The second-order valence-corrected chi connectivity index (χ2v) is 4.40. The van der Waals surface area contributed by atoms with Gasteiger partial charge in [0.05, 0.1) is 18.0 Å². The van der Waals surface area contributed by atoms with Crippen LogP contribution >= 0.6 is 0 Å². The van der Waals surface area contributed by atoms with Crippen LogP contribution in [0.15, 0.2) is 72.8 Å². The number of aromatic nitrogens is 1. The first kappa shape index (κ1) is 12.1. The van der Waals surface area contributed by atoms with Gasteiger partial charge in [0.2, 0.25) is 0 Å². The van der Waals surface area contributed by atoms with E-state index >= 15 is 0 Å². The first-order chi connectivity index (χ1) is 9.88. The summed E-state index contributed by atoms with van der Waals surface area (Å²) in [5.74, 6) is 0. The molecule has 1 aromatic heterocycles. The minimum atomic E-state index is 0.630. The molecule has 0 saturated carbocycles. The van der Waals surface area contributed by atoms with Gasteiger partial charge in [-0.05, 0) is 12.1 Å². The molecule has 1 heterocycles. The Kier molecular flexibility index (Phi) is 3.26. The van der Waals surface area contributed by atoms with Gasteiger partial charge in [-0.3, -0.25) is 0 Å². The van der Waals surface area contributed by atoms with Crippen LogP contribution in [0.4, 0.5) is 5.69 Å². The largest absolute Gasteiger partial charge is 0.249 e. The summed E-state index contributed by atoms with van der Waals surface area (Å²) in [6.45, 7) is 7.25. The number of nitrogens with zero attached hydrogens (tertiary/aromatic N) is 2. The van der Waals surface area contributed by atoms with E-state index in [4.69, 9.17) is 6.57 Å². The Morgan fingerprint density at radius 2 is 1.40 bits per heavy atom. The van der Waals surface area contributed by atoms with Gasteiger partial charge in [-0.25, -0.2) is 9.83 Å². The van der Waals surface area contributed by atoms with Crippen LogP contribution in [0, 0.1) is 6.57 Å². The van der Waals surface area contributed by atoms with E-state index in [2.05, 4.69) is 9.83 Å². The SMILES string of the molecule is [C-]#[N+]c1ccccc1-c1cccc(-c2ccccc2)n1. The van der Waals surface area contributed by atoms with Crippen LogP contribution in [0.3, 0.4) is 0 Å². The molecule has 3 rings (SSSR count). The normalized spacial score (nSPS) is 9.95. The molecule has 0 fully saturated rings. The number of para-hydroxylation sites is 1. The highest BCUT2D eigenvalue weighted by Crippen LogP contribution is 2.30. The van der Waals surface area contributed by atoms with Crippen molar-refractivity contribution in [3.63, 3.8) is 0 Å². The summed E-state index contributed by atoms with van der Waals surface area (Å²) in [4.78, 5) is 8.24. The lowest BCUT2D eigenvalue weighted by Gasteiger charge is -2.06. The van der Waals surface area contributed by atoms with Gasteiger partial charge in [-0.2, -0.15) is 0 Å². The first-order valence-electron chi connectivity index (χ1n) is 6.38. The molecular formula is C18H12N2. The van der Waals surface area contributed by atoms with Crippen LogP contribution in [0.2, 0.25) is 0 Å². The quantitative estimate of drug-likeness (QED) is 0.592. The smallest absolute Gasteiger partial charge is 0.196 e. The Hall–Kier alpha value is -2.92. The van der Waals surface area contributed by atoms with Crippen molar-refractivity contribution in [1.29, 1.82) is 0 Å². The summed E-state index contributed by atoms with van der Waals surface area (Å²) in [5.41, 5.74) is 4.33. The topological polar surface area (TPSA) is 17.2 Å². The molecule has 2 heteroatoms. The lowest BCUT2D eigenvalue weighted by Crippen LogP contribution is -1.87. The zero-order chi connectivity index (χ0) is 13.8. The van der Waals surface area contributed by atoms with Gasteiger partial charge >= 0.3 is 0 Å². The molecule has 3 aromatic rings. The Labute approximate surface area is 118 Å². The fourth-order valence-corrected chi connectivity index (χ4v) is 2.14.